The average Bonchev–Trinajstić information content (AvgIpc) is 2.28. The standard InChI is InChI=1S/C11H24N2O2S/c1-3-16(14,15)12-9-11(2)10-13-7-5-4-6-8-13/h11-12H,3-10H2,1-2H3. The minimum absolute atomic E-state index is 0.170. The molecule has 16 heavy (non-hydrogen) atoms. The van der Waals surface area contributed by atoms with Crippen LogP contribution in [0.2, 0.25) is 0 Å². The maximum absolute atomic E-state index is 11.3. The third kappa shape index (κ3) is 5.27. The first-order valence-corrected chi connectivity index (χ1v) is 7.88. The van der Waals surface area contributed by atoms with Gasteiger partial charge in [-0.05, 0) is 38.8 Å². The highest BCUT2D eigenvalue weighted by Crippen LogP contribution is 2.10. The van der Waals surface area contributed by atoms with Crippen LogP contribution in [0.25, 0.3) is 0 Å². The van der Waals surface area contributed by atoms with Gasteiger partial charge in [0.05, 0.1) is 5.75 Å². The summed E-state index contributed by atoms with van der Waals surface area (Å²) >= 11 is 0. The molecule has 0 saturated carbocycles. The van der Waals surface area contributed by atoms with Crippen LogP contribution in [0, 0.1) is 5.92 Å². The normalized spacial score (nSPS) is 20.9. The number of sulfonamides is 1. The van der Waals surface area contributed by atoms with Crippen LogP contribution in [0.5, 0.6) is 0 Å². The van der Waals surface area contributed by atoms with E-state index in [4.69, 9.17) is 0 Å². The summed E-state index contributed by atoms with van der Waals surface area (Å²) in [5, 5.41) is 0. The second kappa shape index (κ2) is 6.57. The number of piperidine rings is 1. The SMILES string of the molecule is CCS(=O)(=O)NCC(C)CN1CCCCC1. The molecule has 1 fully saturated rings. The molecule has 1 saturated heterocycles. The highest BCUT2D eigenvalue weighted by Gasteiger charge is 2.15. The molecule has 1 aliphatic heterocycles. The molecule has 0 amide bonds. The van der Waals surface area contributed by atoms with Crippen molar-refractivity contribution in [2.24, 2.45) is 5.92 Å². The number of hydrogen-bond donors (Lipinski definition) is 1. The fourth-order valence-electron chi connectivity index (χ4n) is 2.02. The largest absolute Gasteiger partial charge is 0.303 e. The Morgan fingerprint density at radius 2 is 1.88 bits per heavy atom. The van der Waals surface area contributed by atoms with Crippen molar-refractivity contribution in [3.63, 3.8) is 0 Å². The van der Waals surface area contributed by atoms with E-state index >= 15 is 0 Å². The van der Waals surface area contributed by atoms with Crippen molar-refractivity contribution >= 4 is 10.0 Å². The summed E-state index contributed by atoms with van der Waals surface area (Å²) in [6.45, 7) is 7.68. The number of rotatable bonds is 6. The molecule has 0 bridgehead atoms. The number of nitrogens with zero attached hydrogens (tertiary/aromatic N) is 1. The average molecular weight is 248 g/mol. The third-order valence-corrected chi connectivity index (χ3v) is 4.42. The third-order valence-electron chi connectivity index (χ3n) is 3.05. The molecule has 0 aromatic rings. The van der Waals surface area contributed by atoms with E-state index in [0.717, 1.165) is 6.54 Å². The van der Waals surface area contributed by atoms with Crippen molar-refractivity contribution < 1.29 is 8.42 Å². The monoisotopic (exact) mass is 248 g/mol. The molecule has 0 aliphatic carbocycles. The smallest absolute Gasteiger partial charge is 0.211 e. The van der Waals surface area contributed by atoms with Crippen LogP contribution in [0.3, 0.4) is 0 Å². The molecular weight excluding hydrogens is 224 g/mol. The molecule has 1 N–H and O–H groups in total. The molecule has 0 aromatic carbocycles. The molecule has 1 atom stereocenters. The Balaban J connectivity index is 2.22. The highest BCUT2D eigenvalue weighted by atomic mass is 32.2. The first kappa shape index (κ1) is 13.9. The zero-order valence-electron chi connectivity index (χ0n) is 10.4. The van der Waals surface area contributed by atoms with E-state index in [2.05, 4.69) is 16.5 Å². The molecule has 1 heterocycles. The van der Waals surface area contributed by atoms with Crippen molar-refractivity contribution in [1.29, 1.82) is 0 Å². The van der Waals surface area contributed by atoms with Gasteiger partial charge < -0.3 is 4.90 Å². The lowest BCUT2D eigenvalue weighted by molar-refractivity contribution is 0.201. The van der Waals surface area contributed by atoms with E-state index in [-0.39, 0.29) is 5.75 Å². The van der Waals surface area contributed by atoms with Crippen molar-refractivity contribution in [1.82, 2.24) is 9.62 Å². The quantitative estimate of drug-likeness (QED) is 0.764. The molecule has 1 unspecified atom stereocenters. The highest BCUT2D eigenvalue weighted by molar-refractivity contribution is 7.89. The van der Waals surface area contributed by atoms with Crippen LogP contribution in [-0.2, 0) is 10.0 Å². The molecular formula is C11H24N2O2S. The first-order chi connectivity index (χ1) is 7.53. The first-order valence-electron chi connectivity index (χ1n) is 6.23. The van der Waals surface area contributed by atoms with Crippen molar-refractivity contribution in [2.75, 3.05) is 31.9 Å². The minimum Gasteiger partial charge on any atom is -0.303 e. The van der Waals surface area contributed by atoms with Gasteiger partial charge in [-0.15, -0.1) is 0 Å². The van der Waals surface area contributed by atoms with Crippen LogP contribution in [-0.4, -0.2) is 45.2 Å². The maximum Gasteiger partial charge on any atom is 0.211 e. The molecule has 5 heteroatoms. The topological polar surface area (TPSA) is 49.4 Å². The van der Waals surface area contributed by atoms with Gasteiger partial charge in [0.15, 0.2) is 0 Å². The zero-order valence-corrected chi connectivity index (χ0v) is 11.2. The van der Waals surface area contributed by atoms with E-state index in [1.54, 1.807) is 6.92 Å². The van der Waals surface area contributed by atoms with Gasteiger partial charge in [0.1, 0.15) is 0 Å². The van der Waals surface area contributed by atoms with Crippen molar-refractivity contribution in [2.45, 2.75) is 33.1 Å². The van der Waals surface area contributed by atoms with Crippen molar-refractivity contribution in [3.05, 3.63) is 0 Å². The van der Waals surface area contributed by atoms with E-state index in [0.29, 0.717) is 12.5 Å². The van der Waals surface area contributed by atoms with Gasteiger partial charge >= 0.3 is 0 Å². The van der Waals surface area contributed by atoms with E-state index in [1.165, 1.54) is 32.4 Å². The summed E-state index contributed by atoms with van der Waals surface area (Å²) < 4.78 is 25.2. The predicted octanol–water partition coefficient (Wildman–Crippen LogP) is 1.05. The van der Waals surface area contributed by atoms with E-state index in [1.807, 2.05) is 0 Å². The lowest BCUT2D eigenvalue weighted by Crippen LogP contribution is -2.38. The van der Waals surface area contributed by atoms with E-state index < -0.39 is 10.0 Å². The second-order valence-electron chi connectivity index (χ2n) is 4.72. The minimum atomic E-state index is -3.02. The molecule has 96 valence electrons. The summed E-state index contributed by atoms with van der Waals surface area (Å²) in [4.78, 5) is 2.44. The van der Waals surface area contributed by atoms with Gasteiger partial charge in [-0.25, -0.2) is 13.1 Å². The van der Waals surface area contributed by atoms with Gasteiger partial charge in [-0.1, -0.05) is 13.3 Å². The molecule has 1 rings (SSSR count). The Kier molecular flexibility index (Phi) is 5.72. The molecule has 4 nitrogen and oxygen atoms in total. The zero-order chi connectivity index (χ0) is 12.0. The Morgan fingerprint density at radius 1 is 1.25 bits per heavy atom. The predicted molar refractivity (Wildman–Crippen MR) is 66.9 cm³/mol. The number of hydrogen-bond acceptors (Lipinski definition) is 3. The molecule has 0 radical (unpaired) electrons. The summed E-state index contributed by atoms with van der Waals surface area (Å²) in [6, 6.07) is 0. The molecule has 0 aromatic heterocycles. The Morgan fingerprint density at radius 3 is 2.44 bits per heavy atom. The Bertz CT molecular complexity index is 284. The van der Waals surface area contributed by atoms with Gasteiger partial charge in [0.25, 0.3) is 0 Å². The van der Waals surface area contributed by atoms with Crippen LogP contribution in [0.1, 0.15) is 33.1 Å². The van der Waals surface area contributed by atoms with Crippen LogP contribution in [0.15, 0.2) is 0 Å². The lowest BCUT2D eigenvalue weighted by atomic mass is 10.1. The van der Waals surface area contributed by atoms with Gasteiger partial charge in [-0.2, -0.15) is 0 Å². The summed E-state index contributed by atoms with van der Waals surface area (Å²) in [5.41, 5.74) is 0. The molecule has 1 aliphatic rings. The van der Waals surface area contributed by atoms with Gasteiger partial charge in [-0.3, -0.25) is 0 Å². The molecule has 0 spiro atoms. The van der Waals surface area contributed by atoms with Gasteiger partial charge in [0.2, 0.25) is 10.0 Å². The van der Waals surface area contributed by atoms with Crippen LogP contribution >= 0.6 is 0 Å². The fourth-order valence-corrected chi connectivity index (χ4v) is 2.76. The maximum atomic E-state index is 11.3. The van der Waals surface area contributed by atoms with E-state index in [9.17, 15) is 8.42 Å². The Hall–Kier alpha value is -0.130. The fraction of sp³-hybridized carbons (Fsp3) is 1.00. The summed E-state index contributed by atoms with van der Waals surface area (Å²) in [5.74, 6) is 0.558. The number of likely N-dealkylation sites (tertiary alicyclic amines) is 1. The number of nitrogens with one attached hydrogen (secondary N) is 1. The second-order valence-corrected chi connectivity index (χ2v) is 6.81. The summed E-state index contributed by atoms with van der Waals surface area (Å²) in [6.07, 6.45) is 3.91. The van der Waals surface area contributed by atoms with Crippen LogP contribution < -0.4 is 4.72 Å². The lowest BCUT2D eigenvalue weighted by Gasteiger charge is -2.29. The van der Waals surface area contributed by atoms with Gasteiger partial charge in [0, 0.05) is 13.1 Å². The van der Waals surface area contributed by atoms with Crippen LogP contribution in [0.4, 0.5) is 0 Å². The Labute approximate surface area is 99.5 Å². The summed E-state index contributed by atoms with van der Waals surface area (Å²) in [7, 11) is -3.02. The van der Waals surface area contributed by atoms with Crippen molar-refractivity contribution in [3.8, 4) is 0 Å².